The number of nitrogens with zero attached hydrogens (tertiary/aromatic N) is 4. The molecule has 1 heterocycles. The summed E-state index contributed by atoms with van der Waals surface area (Å²) in [6.07, 6.45) is 0. The summed E-state index contributed by atoms with van der Waals surface area (Å²) in [7, 11) is 0. The summed E-state index contributed by atoms with van der Waals surface area (Å²) in [4.78, 5) is 24.2. The number of para-hydroxylation sites is 1. The van der Waals surface area contributed by atoms with Crippen molar-refractivity contribution in [2.24, 2.45) is 5.73 Å². The van der Waals surface area contributed by atoms with Gasteiger partial charge in [-0.25, -0.2) is 4.39 Å². The molecule has 0 aliphatic carbocycles. The largest absolute Gasteiger partial charge is 0.484 e. The molecule has 0 spiro atoms. The number of benzene rings is 2. The van der Waals surface area contributed by atoms with Gasteiger partial charge in [0.05, 0.1) is 5.69 Å². The molecule has 0 radical (unpaired) electrons. The molecule has 3 rings (SSSR count). The van der Waals surface area contributed by atoms with E-state index in [0.29, 0.717) is 17.0 Å². The molecule has 138 valence electrons. The Labute approximate surface area is 152 Å². The van der Waals surface area contributed by atoms with E-state index in [4.69, 9.17) is 10.5 Å². The van der Waals surface area contributed by atoms with Gasteiger partial charge in [0.2, 0.25) is 11.7 Å². The Balaban J connectivity index is 1.68. The molecular weight excluding hydrogens is 355 g/mol. The molecule has 2 aromatic carbocycles. The number of halogens is 1. The summed E-state index contributed by atoms with van der Waals surface area (Å²) in [5, 5.41) is 14.4. The van der Waals surface area contributed by atoms with Crippen molar-refractivity contribution in [1.29, 1.82) is 0 Å². The number of carbonyl (C=O) groups excluding carboxylic acids is 2. The number of anilines is 1. The van der Waals surface area contributed by atoms with Gasteiger partial charge in [-0.1, -0.05) is 12.1 Å². The number of hydrogen-bond acceptors (Lipinski definition) is 6. The zero-order chi connectivity index (χ0) is 19.2. The minimum absolute atomic E-state index is 0.201. The van der Waals surface area contributed by atoms with Crippen LogP contribution in [0, 0.1) is 5.82 Å². The molecule has 10 heteroatoms. The van der Waals surface area contributed by atoms with E-state index in [9.17, 15) is 14.0 Å². The maximum Gasteiger partial charge on any atom is 0.262 e. The molecule has 3 aromatic rings. The first-order chi connectivity index (χ1) is 13.0. The van der Waals surface area contributed by atoms with Gasteiger partial charge >= 0.3 is 0 Å². The maximum atomic E-state index is 12.9. The van der Waals surface area contributed by atoms with E-state index >= 15 is 0 Å². The number of carbonyl (C=O) groups is 2. The molecule has 9 nitrogen and oxygen atoms in total. The molecule has 0 aliphatic rings. The first kappa shape index (κ1) is 18.0. The Morgan fingerprint density at radius 1 is 1.15 bits per heavy atom. The van der Waals surface area contributed by atoms with Crippen LogP contribution in [0.1, 0.15) is 0 Å². The molecule has 0 unspecified atom stereocenters. The molecule has 3 N–H and O–H groups in total. The van der Waals surface area contributed by atoms with Crippen LogP contribution in [0.4, 0.5) is 10.1 Å². The Kier molecular flexibility index (Phi) is 5.36. The molecule has 0 atom stereocenters. The number of primary amides is 1. The molecular formula is C17H15FN6O3. The molecule has 0 fully saturated rings. The van der Waals surface area contributed by atoms with Gasteiger partial charge in [-0.05, 0) is 41.6 Å². The van der Waals surface area contributed by atoms with Crippen LogP contribution in [-0.4, -0.2) is 38.6 Å². The van der Waals surface area contributed by atoms with Crippen LogP contribution < -0.4 is 15.8 Å². The Morgan fingerprint density at radius 3 is 2.63 bits per heavy atom. The summed E-state index contributed by atoms with van der Waals surface area (Å²) in [6, 6.07) is 12.2. The number of nitrogens with two attached hydrogens (primary N) is 1. The van der Waals surface area contributed by atoms with E-state index in [1.165, 1.54) is 24.3 Å². The van der Waals surface area contributed by atoms with Gasteiger partial charge in [0.15, 0.2) is 6.61 Å². The topological polar surface area (TPSA) is 125 Å². The Morgan fingerprint density at radius 2 is 1.89 bits per heavy atom. The highest BCUT2D eigenvalue weighted by Gasteiger charge is 2.14. The van der Waals surface area contributed by atoms with E-state index in [1.54, 1.807) is 24.3 Å². The van der Waals surface area contributed by atoms with Gasteiger partial charge in [0.1, 0.15) is 18.1 Å². The smallest absolute Gasteiger partial charge is 0.262 e. The van der Waals surface area contributed by atoms with Crippen molar-refractivity contribution in [3.63, 3.8) is 0 Å². The number of rotatable bonds is 7. The van der Waals surface area contributed by atoms with E-state index < -0.39 is 17.6 Å². The molecule has 0 saturated heterocycles. The molecule has 2 amide bonds. The van der Waals surface area contributed by atoms with Gasteiger partial charge in [-0.15, -0.1) is 10.2 Å². The number of amides is 2. The second kappa shape index (κ2) is 8.04. The van der Waals surface area contributed by atoms with Crippen molar-refractivity contribution in [3.8, 4) is 17.1 Å². The highest BCUT2D eigenvalue weighted by atomic mass is 19.1. The lowest BCUT2D eigenvalue weighted by atomic mass is 10.1. The number of hydrogen-bond donors (Lipinski definition) is 2. The van der Waals surface area contributed by atoms with Gasteiger partial charge < -0.3 is 15.8 Å². The fourth-order valence-electron chi connectivity index (χ4n) is 2.21. The third-order valence-corrected chi connectivity index (χ3v) is 3.38. The third-order valence-electron chi connectivity index (χ3n) is 3.38. The van der Waals surface area contributed by atoms with Gasteiger partial charge in [0, 0.05) is 5.56 Å². The molecule has 0 bridgehead atoms. The number of tetrazole rings is 1. The van der Waals surface area contributed by atoms with Crippen LogP contribution >= 0.6 is 0 Å². The fourth-order valence-corrected chi connectivity index (χ4v) is 2.21. The van der Waals surface area contributed by atoms with Crippen LogP contribution in [0.5, 0.6) is 5.75 Å². The number of ether oxygens (including phenoxy) is 1. The predicted octanol–water partition coefficient (Wildman–Crippen LogP) is 0.982. The van der Waals surface area contributed by atoms with Crippen molar-refractivity contribution in [2.75, 3.05) is 11.9 Å². The molecule has 0 aliphatic heterocycles. The van der Waals surface area contributed by atoms with Crippen LogP contribution in [0.2, 0.25) is 0 Å². The zero-order valence-electron chi connectivity index (χ0n) is 14.0. The summed E-state index contributed by atoms with van der Waals surface area (Å²) in [5.41, 5.74) is 6.06. The van der Waals surface area contributed by atoms with Crippen LogP contribution in [-0.2, 0) is 16.1 Å². The average Bonchev–Trinajstić information content (AvgIpc) is 3.09. The molecule has 0 saturated carbocycles. The van der Waals surface area contributed by atoms with Gasteiger partial charge in [0.25, 0.3) is 5.91 Å². The minimum atomic E-state index is -0.599. The predicted molar refractivity (Wildman–Crippen MR) is 93.0 cm³/mol. The standard InChI is InChI=1S/C17H15FN6O3/c18-11-5-7-12(8-6-11)27-10-16(26)20-14-4-2-1-3-13(14)17-21-23-24(22-17)9-15(19)25/h1-8H,9-10H2,(H2,19,25)(H,20,26). The van der Waals surface area contributed by atoms with Gasteiger partial charge in [-0.3, -0.25) is 9.59 Å². The summed E-state index contributed by atoms with van der Waals surface area (Å²) < 4.78 is 18.2. The van der Waals surface area contributed by atoms with Crippen molar-refractivity contribution in [1.82, 2.24) is 20.2 Å². The van der Waals surface area contributed by atoms with E-state index in [0.717, 1.165) is 4.80 Å². The monoisotopic (exact) mass is 370 g/mol. The number of nitrogens with one attached hydrogen (secondary N) is 1. The van der Waals surface area contributed by atoms with Crippen LogP contribution in [0.3, 0.4) is 0 Å². The SMILES string of the molecule is NC(=O)Cn1nnc(-c2ccccc2NC(=O)COc2ccc(F)cc2)n1. The van der Waals surface area contributed by atoms with E-state index in [2.05, 4.69) is 20.7 Å². The average molecular weight is 370 g/mol. The van der Waals surface area contributed by atoms with Crippen LogP contribution in [0.25, 0.3) is 11.4 Å². The maximum absolute atomic E-state index is 12.9. The Hall–Kier alpha value is -3.82. The first-order valence-corrected chi connectivity index (χ1v) is 7.85. The number of aromatic nitrogens is 4. The van der Waals surface area contributed by atoms with Gasteiger partial charge in [-0.2, -0.15) is 4.80 Å². The lowest BCUT2D eigenvalue weighted by Gasteiger charge is -2.10. The lowest BCUT2D eigenvalue weighted by molar-refractivity contribution is -0.119. The molecule has 1 aromatic heterocycles. The van der Waals surface area contributed by atoms with Crippen molar-refractivity contribution in [2.45, 2.75) is 6.54 Å². The fraction of sp³-hybridized carbons (Fsp3) is 0.118. The third kappa shape index (κ3) is 4.84. The van der Waals surface area contributed by atoms with Crippen molar-refractivity contribution >= 4 is 17.5 Å². The highest BCUT2D eigenvalue weighted by molar-refractivity contribution is 5.95. The normalized spacial score (nSPS) is 10.4. The second-order valence-corrected chi connectivity index (χ2v) is 5.45. The zero-order valence-corrected chi connectivity index (χ0v) is 14.0. The highest BCUT2D eigenvalue weighted by Crippen LogP contribution is 2.24. The van der Waals surface area contributed by atoms with E-state index in [1.807, 2.05) is 0 Å². The van der Waals surface area contributed by atoms with E-state index in [-0.39, 0.29) is 19.0 Å². The molecule has 27 heavy (non-hydrogen) atoms. The Bertz CT molecular complexity index is 957. The van der Waals surface area contributed by atoms with Crippen LogP contribution in [0.15, 0.2) is 48.5 Å². The van der Waals surface area contributed by atoms with Crippen molar-refractivity contribution < 1.29 is 18.7 Å². The first-order valence-electron chi connectivity index (χ1n) is 7.85. The summed E-state index contributed by atoms with van der Waals surface area (Å²) >= 11 is 0. The summed E-state index contributed by atoms with van der Waals surface area (Å²) in [6.45, 7) is -0.463. The van der Waals surface area contributed by atoms with Crippen molar-refractivity contribution in [3.05, 3.63) is 54.3 Å². The second-order valence-electron chi connectivity index (χ2n) is 5.45. The lowest BCUT2D eigenvalue weighted by Crippen LogP contribution is -2.21. The quantitative estimate of drug-likeness (QED) is 0.639. The summed E-state index contributed by atoms with van der Waals surface area (Å²) in [5.74, 6) is -0.810. The minimum Gasteiger partial charge on any atom is -0.484 e.